The molecule has 0 N–H and O–H groups in total. The second-order valence-corrected chi connectivity index (χ2v) is 10.1. The van der Waals surface area contributed by atoms with E-state index in [0.29, 0.717) is 12.2 Å². The average molecular weight is 456 g/mol. The van der Waals surface area contributed by atoms with Gasteiger partial charge in [0.25, 0.3) is 0 Å². The van der Waals surface area contributed by atoms with Gasteiger partial charge in [-0.15, -0.1) is 0 Å². The van der Waals surface area contributed by atoms with Crippen molar-refractivity contribution < 1.29 is 23.9 Å². The third-order valence-corrected chi connectivity index (χ3v) is 6.26. The van der Waals surface area contributed by atoms with E-state index in [-0.39, 0.29) is 35.1 Å². The molecule has 170 valence electrons. The molecule has 2 heterocycles. The third kappa shape index (κ3) is 6.42. The summed E-state index contributed by atoms with van der Waals surface area (Å²) in [5.41, 5.74) is 2.07. The van der Waals surface area contributed by atoms with Gasteiger partial charge in [0.1, 0.15) is 12.4 Å². The number of hydrogen-bond donors (Lipinski definition) is 0. The molecule has 0 aliphatic carbocycles. The fourth-order valence-corrected chi connectivity index (χ4v) is 4.16. The number of carbonyl (C=O) groups is 3. The summed E-state index contributed by atoms with van der Waals surface area (Å²) >= 11 is 1.12. The number of aryl methyl sites for hydroxylation is 1. The summed E-state index contributed by atoms with van der Waals surface area (Å²) in [6.07, 6.45) is 2.52. The number of benzene rings is 1. The molecule has 1 saturated heterocycles. The van der Waals surface area contributed by atoms with Crippen molar-refractivity contribution in [3.8, 4) is 5.75 Å². The maximum Gasteiger partial charge on any atom is 0.311 e. The van der Waals surface area contributed by atoms with Crippen molar-refractivity contribution in [3.63, 3.8) is 0 Å². The van der Waals surface area contributed by atoms with Crippen LogP contribution in [-0.2, 0) is 32.0 Å². The zero-order valence-electron chi connectivity index (χ0n) is 18.9. The molecule has 2 atom stereocenters. The lowest BCUT2D eigenvalue weighted by molar-refractivity contribution is -0.160. The monoisotopic (exact) mass is 455 g/mol. The Morgan fingerprint density at radius 3 is 2.41 bits per heavy atom. The highest BCUT2D eigenvalue weighted by Gasteiger charge is 2.32. The normalized spacial score (nSPS) is 17.3. The number of hydrogen-bond acceptors (Lipinski definition) is 7. The summed E-state index contributed by atoms with van der Waals surface area (Å²) in [6.45, 7) is 7.62. The summed E-state index contributed by atoms with van der Waals surface area (Å²) in [5.74, 6) is 0.311. The number of ether oxygens (including phenoxy) is 2. The molecule has 1 fully saturated rings. The SMILES string of the molecule is CCc1ccc([C@H](COc2ccc(CC3SC(=O)CC3=O)cc2)OC(=O)C(C)(C)C)cn1. The van der Waals surface area contributed by atoms with Crippen molar-refractivity contribution in [2.75, 3.05) is 6.61 Å². The van der Waals surface area contributed by atoms with Gasteiger partial charge in [-0.1, -0.05) is 36.9 Å². The van der Waals surface area contributed by atoms with Crippen LogP contribution in [0.25, 0.3) is 0 Å². The van der Waals surface area contributed by atoms with Crippen molar-refractivity contribution in [3.05, 3.63) is 59.4 Å². The molecule has 1 unspecified atom stereocenters. The van der Waals surface area contributed by atoms with Crippen LogP contribution in [0.1, 0.15) is 57.0 Å². The van der Waals surface area contributed by atoms with Crippen LogP contribution >= 0.6 is 11.8 Å². The van der Waals surface area contributed by atoms with Crippen molar-refractivity contribution >= 4 is 28.6 Å². The molecule has 0 saturated carbocycles. The number of aromatic nitrogens is 1. The molecule has 1 aliphatic heterocycles. The number of pyridine rings is 1. The van der Waals surface area contributed by atoms with Crippen molar-refractivity contribution in [1.29, 1.82) is 0 Å². The van der Waals surface area contributed by atoms with Crippen molar-refractivity contribution in [2.24, 2.45) is 5.41 Å². The fraction of sp³-hybridized carbons (Fsp3) is 0.440. The maximum absolute atomic E-state index is 12.5. The fourth-order valence-electron chi connectivity index (χ4n) is 3.13. The summed E-state index contributed by atoms with van der Waals surface area (Å²) in [4.78, 5) is 40.2. The number of carbonyl (C=O) groups excluding carboxylic acids is 3. The van der Waals surface area contributed by atoms with Crippen LogP contribution in [0, 0.1) is 5.41 Å². The number of esters is 1. The van der Waals surface area contributed by atoms with Crippen molar-refractivity contribution in [1.82, 2.24) is 4.98 Å². The number of ketones is 1. The van der Waals surface area contributed by atoms with E-state index < -0.39 is 11.5 Å². The molecule has 1 aliphatic rings. The largest absolute Gasteiger partial charge is 0.489 e. The Morgan fingerprint density at radius 1 is 1.16 bits per heavy atom. The zero-order chi connectivity index (χ0) is 23.3. The molecule has 0 bridgehead atoms. The molecular weight excluding hydrogens is 426 g/mol. The highest BCUT2D eigenvalue weighted by molar-refractivity contribution is 8.15. The number of rotatable bonds is 8. The minimum atomic E-state index is -0.631. The Labute approximate surface area is 193 Å². The van der Waals surface area contributed by atoms with Crippen LogP contribution in [0.2, 0.25) is 0 Å². The quantitative estimate of drug-likeness (QED) is 0.428. The minimum Gasteiger partial charge on any atom is -0.489 e. The van der Waals surface area contributed by atoms with Gasteiger partial charge in [-0.05, 0) is 57.4 Å². The van der Waals surface area contributed by atoms with E-state index >= 15 is 0 Å². The van der Waals surface area contributed by atoms with E-state index in [2.05, 4.69) is 4.98 Å². The van der Waals surface area contributed by atoms with Crippen LogP contribution in [0.4, 0.5) is 0 Å². The van der Waals surface area contributed by atoms with Gasteiger partial charge in [0.05, 0.1) is 17.1 Å². The van der Waals surface area contributed by atoms with Gasteiger partial charge >= 0.3 is 5.97 Å². The Morgan fingerprint density at radius 2 is 1.88 bits per heavy atom. The maximum atomic E-state index is 12.5. The molecular formula is C25H29NO5S. The van der Waals surface area contributed by atoms with Gasteiger partial charge in [0.2, 0.25) is 0 Å². The van der Waals surface area contributed by atoms with Gasteiger partial charge in [-0.25, -0.2) is 0 Å². The van der Waals surface area contributed by atoms with E-state index in [1.807, 2.05) is 64.1 Å². The lowest BCUT2D eigenvalue weighted by Gasteiger charge is -2.24. The molecule has 0 radical (unpaired) electrons. The molecule has 1 aromatic heterocycles. The molecule has 6 nitrogen and oxygen atoms in total. The van der Waals surface area contributed by atoms with Crippen LogP contribution in [0.3, 0.4) is 0 Å². The highest BCUT2D eigenvalue weighted by Crippen LogP contribution is 2.29. The van der Waals surface area contributed by atoms with Crippen LogP contribution < -0.4 is 4.74 Å². The first-order chi connectivity index (χ1) is 15.2. The number of nitrogens with zero attached hydrogens (tertiary/aromatic N) is 1. The minimum absolute atomic E-state index is 0.00784. The Bertz CT molecular complexity index is 963. The molecule has 3 rings (SSSR count). The zero-order valence-corrected chi connectivity index (χ0v) is 19.7. The summed E-state index contributed by atoms with van der Waals surface area (Å²) in [5, 5.41) is -0.355. The van der Waals surface area contributed by atoms with Gasteiger partial charge < -0.3 is 9.47 Å². The third-order valence-electron chi connectivity index (χ3n) is 5.14. The molecule has 1 aromatic carbocycles. The predicted molar refractivity (Wildman–Crippen MR) is 124 cm³/mol. The topological polar surface area (TPSA) is 82.6 Å². The predicted octanol–water partition coefficient (Wildman–Crippen LogP) is 4.50. The average Bonchev–Trinajstić information content (AvgIpc) is 3.08. The number of thioether (sulfide) groups is 1. The van der Waals surface area contributed by atoms with E-state index in [1.54, 1.807) is 6.20 Å². The molecule has 0 spiro atoms. The highest BCUT2D eigenvalue weighted by atomic mass is 32.2. The van der Waals surface area contributed by atoms with Gasteiger partial charge in [0.15, 0.2) is 17.0 Å². The Hall–Kier alpha value is -2.67. The molecule has 32 heavy (non-hydrogen) atoms. The Balaban J connectivity index is 1.66. The van der Waals surface area contributed by atoms with E-state index in [4.69, 9.17) is 9.47 Å². The van der Waals surface area contributed by atoms with E-state index in [9.17, 15) is 14.4 Å². The van der Waals surface area contributed by atoms with Crippen LogP contribution in [0.5, 0.6) is 5.75 Å². The Kier molecular flexibility index (Phi) is 7.72. The number of Topliss-reactive ketones (excluding diaryl/α,β-unsaturated/α-hetero) is 1. The van der Waals surface area contributed by atoms with Gasteiger partial charge in [-0.2, -0.15) is 0 Å². The lowest BCUT2D eigenvalue weighted by atomic mass is 9.97. The van der Waals surface area contributed by atoms with E-state index in [0.717, 1.165) is 35.0 Å². The van der Waals surface area contributed by atoms with E-state index in [1.165, 1.54) is 0 Å². The van der Waals surface area contributed by atoms with Crippen molar-refractivity contribution in [2.45, 2.75) is 58.3 Å². The first-order valence-corrected chi connectivity index (χ1v) is 11.6. The molecule has 0 amide bonds. The summed E-state index contributed by atoms with van der Waals surface area (Å²) in [7, 11) is 0. The summed E-state index contributed by atoms with van der Waals surface area (Å²) in [6, 6.07) is 11.3. The molecule has 7 heteroatoms. The van der Waals surface area contributed by atoms with Gasteiger partial charge in [0, 0.05) is 17.5 Å². The first-order valence-electron chi connectivity index (χ1n) is 10.8. The van der Waals surface area contributed by atoms with Crippen LogP contribution in [-0.4, -0.2) is 33.7 Å². The van der Waals surface area contributed by atoms with Crippen LogP contribution in [0.15, 0.2) is 42.6 Å². The standard InChI is InChI=1S/C25H29NO5S/c1-5-18-9-8-17(14-26-18)21(31-24(29)25(2,3)4)15-30-19-10-6-16(7-11-19)12-22-20(27)13-23(28)32-22/h6-11,14,21-22H,5,12-13,15H2,1-4H3/t21-,22?/m0/s1. The lowest BCUT2D eigenvalue weighted by Crippen LogP contribution is -2.27. The first kappa shape index (κ1) is 24.0. The second-order valence-electron chi connectivity index (χ2n) is 8.86. The molecule has 2 aromatic rings. The van der Waals surface area contributed by atoms with Gasteiger partial charge in [-0.3, -0.25) is 19.4 Å². The smallest absolute Gasteiger partial charge is 0.311 e. The summed E-state index contributed by atoms with van der Waals surface area (Å²) < 4.78 is 11.7. The second kappa shape index (κ2) is 10.3.